The molecule has 2 saturated heterocycles. The van der Waals surface area contributed by atoms with Gasteiger partial charge in [-0.2, -0.15) is 0 Å². The number of fused-ring (bicyclic) bond motifs is 2. The summed E-state index contributed by atoms with van der Waals surface area (Å²) in [6.07, 6.45) is 3.71. The molecule has 0 aromatic heterocycles. The van der Waals surface area contributed by atoms with Gasteiger partial charge in [0.15, 0.2) is 0 Å². The first-order valence-electron chi connectivity index (χ1n) is 12.7. The molecule has 0 spiro atoms. The molecule has 0 saturated carbocycles. The maximum Gasteiger partial charge on any atom is 0.338 e. The summed E-state index contributed by atoms with van der Waals surface area (Å²) in [4.78, 5) is 28.6. The quantitative estimate of drug-likeness (QED) is 0.229. The lowest BCUT2D eigenvalue weighted by molar-refractivity contribution is 0.0359. The van der Waals surface area contributed by atoms with Gasteiger partial charge in [-0.1, -0.05) is 23.7 Å². The molecule has 2 atom stereocenters. The van der Waals surface area contributed by atoms with Gasteiger partial charge in [-0.15, -0.1) is 11.8 Å². The molecule has 5 nitrogen and oxygen atoms in total. The Hall–Kier alpha value is -2.96. The van der Waals surface area contributed by atoms with E-state index in [2.05, 4.69) is 4.90 Å². The van der Waals surface area contributed by atoms with Crippen molar-refractivity contribution in [3.05, 3.63) is 94.5 Å². The first kappa shape index (κ1) is 25.7. The van der Waals surface area contributed by atoms with E-state index in [-0.39, 0.29) is 30.1 Å². The Labute approximate surface area is 227 Å². The standard InChI is InChI=1S/C30H30ClNO4S/c1-2-35-30(34)22-7-13-26(14-8-22)36-27-17-24-11-12-25(18-27)32(24)29(33)21-5-3-20(4-6-21)19-37-28-15-9-23(31)10-16-28/h3-10,13-16,24-25,27H,2,11-12,17-19H2,1H3. The van der Waals surface area contributed by atoms with E-state index in [4.69, 9.17) is 21.1 Å². The molecule has 2 heterocycles. The summed E-state index contributed by atoms with van der Waals surface area (Å²) in [6.45, 7) is 2.14. The number of benzene rings is 3. The number of rotatable bonds is 8. The largest absolute Gasteiger partial charge is 0.490 e. The summed E-state index contributed by atoms with van der Waals surface area (Å²) in [6, 6.07) is 23.3. The molecule has 2 fully saturated rings. The summed E-state index contributed by atoms with van der Waals surface area (Å²) in [5.74, 6) is 1.36. The third-order valence-electron chi connectivity index (χ3n) is 7.01. The second-order valence-electron chi connectivity index (χ2n) is 9.49. The number of esters is 1. The second-order valence-corrected chi connectivity index (χ2v) is 11.0. The van der Waals surface area contributed by atoms with Crippen LogP contribution in [-0.2, 0) is 10.5 Å². The van der Waals surface area contributed by atoms with Crippen LogP contribution in [0.15, 0.2) is 77.7 Å². The van der Waals surface area contributed by atoms with Gasteiger partial charge in [0.25, 0.3) is 5.91 Å². The van der Waals surface area contributed by atoms with Crippen LogP contribution in [0.1, 0.15) is 58.9 Å². The van der Waals surface area contributed by atoms with Crippen LogP contribution in [0.25, 0.3) is 0 Å². The highest BCUT2D eigenvalue weighted by molar-refractivity contribution is 7.98. The molecule has 3 aromatic rings. The number of halogens is 1. The summed E-state index contributed by atoms with van der Waals surface area (Å²) in [7, 11) is 0. The number of ether oxygens (including phenoxy) is 2. The first-order valence-corrected chi connectivity index (χ1v) is 14.1. The molecule has 0 radical (unpaired) electrons. The van der Waals surface area contributed by atoms with Crippen LogP contribution in [0.2, 0.25) is 5.02 Å². The molecule has 3 aromatic carbocycles. The van der Waals surface area contributed by atoms with E-state index in [0.29, 0.717) is 12.2 Å². The van der Waals surface area contributed by atoms with Crippen LogP contribution in [-0.4, -0.2) is 41.6 Å². The first-order chi connectivity index (χ1) is 18.0. The number of thioether (sulfide) groups is 1. The molecule has 37 heavy (non-hydrogen) atoms. The lowest BCUT2D eigenvalue weighted by Crippen LogP contribution is -2.49. The Morgan fingerprint density at radius 1 is 0.892 bits per heavy atom. The molecule has 2 unspecified atom stereocenters. The van der Waals surface area contributed by atoms with Crippen molar-refractivity contribution in [3.63, 3.8) is 0 Å². The van der Waals surface area contributed by atoms with Crippen LogP contribution < -0.4 is 4.74 Å². The number of carbonyl (C=O) groups is 2. The number of carbonyl (C=O) groups excluding carboxylic acids is 2. The number of piperidine rings is 1. The highest BCUT2D eigenvalue weighted by Crippen LogP contribution is 2.38. The molecular formula is C30H30ClNO4S. The monoisotopic (exact) mass is 535 g/mol. The van der Waals surface area contributed by atoms with Crippen LogP contribution in [0.5, 0.6) is 5.75 Å². The van der Waals surface area contributed by atoms with Crippen molar-refractivity contribution in [2.45, 2.75) is 61.4 Å². The maximum atomic E-state index is 13.4. The Balaban J connectivity index is 1.16. The zero-order valence-corrected chi connectivity index (χ0v) is 22.3. The average molecular weight is 536 g/mol. The third kappa shape index (κ3) is 6.13. The van der Waals surface area contributed by atoms with E-state index < -0.39 is 0 Å². The minimum atomic E-state index is -0.327. The van der Waals surface area contributed by atoms with Crippen molar-refractivity contribution in [2.75, 3.05) is 6.61 Å². The smallest absolute Gasteiger partial charge is 0.338 e. The number of hydrogen-bond donors (Lipinski definition) is 0. The molecule has 2 aliphatic heterocycles. The van der Waals surface area contributed by atoms with E-state index in [0.717, 1.165) is 47.8 Å². The molecule has 0 N–H and O–H groups in total. The molecule has 1 amide bonds. The van der Waals surface area contributed by atoms with Crippen LogP contribution in [0, 0.1) is 0 Å². The van der Waals surface area contributed by atoms with E-state index in [1.54, 1.807) is 30.8 Å². The van der Waals surface area contributed by atoms with Gasteiger partial charge in [0, 0.05) is 46.2 Å². The van der Waals surface area contributed by atoms with Crippen molar-refractivity contribution in [3.8, 4) is 5.75 Å². The predicted octanol–water partition coefficient (Wildman–Crippen LogP) is 7.02. The zero-order valence-electron chi connectivity index (χ0n) is 20.8. The highest BCUT2D eigenvalue weighted by Gasteiger charge is 2.44. The Kier molecular flexibility index (Phi) is 8.06. The van der Waals surface area contributed by atoms with Crippen LogP contribution in [0.4, 0.5) is 0 Å². The van der Waals surface area contributed by atoms with E-state index in [1.165, 1.54) is 10.5 Å². The lowest BCUT2D eigenvalue weighted by Gasteiger charge is -2.39. The van der Waals surface area contributed by atoms with Crippen molar-refractivity contribution < 1.29 is 19.1 Å². The molecule has 192 valence electrons. The van der Waals surface area contributed by atoms with Gasteiger partial charge in [-0.25, -0.2) is 4.79 Å². The van der Waals surface area contributed by atoms with Crippen molar-refractivity contribution in [1.82, 2.24) is 4.90 Å². The number of nitrogens with zero attached hydrogens (tertiary/aromatic N) is 1. The summed E-state index contributed by atoms with van der Waals surface area (Å²) >= 11 is 7.72. The van der Waals surface area contributed by atoms with E-state index in [1.807, 2.05) is 60.7 Å². The van der Waals surface area contributed by atoms with Gasteiger partial charge in [0.2, 0.25) is 0 Å². The third-order valence-corrected chi connectivity index (χ3v) is 8.35. The van der Waals surface area contributed by atoms with Gasteiger partial charge in [-0.3, -0.25) is 4.79 Å². The minimum absolute atomic E-state index is 0.0576. The molecule has 7 heteroatoms. The Morgan fingerprint density at radius 3 is 2.14 bits per heavy atom. The van der Waals surface area contributed by atoms with Crippen molar-refractivity contribution in [1.29, 1.82) is 0 Å². The summed E-state index contributed by atoms with van der Waals surface area (Å²) in [5.41, 5.74) is 2.44. The number of amides is 1. The zero-order chi connectivity index (χ0) is 25.8. The average Bonchev–Trinajstić information content (AvgIpc) is 3.18. The fraction of sp³-hybridized carbons (Fsp3) is 0.333. The molecule has 0 aliphatic carbocycles. The van der Waals surface area contributed by atoms with E-state index in [9.17, 15) is 9.59 Å². The predicted molar refractivity (Wildman–Crippen MR) is 146 cm³/mol. The Bertz CT molecular complexity index is 1220. The SMILES string of the molecule is CCOC(=O)c1ccc(OC2CC3CCC(C2)N3C(=O)c2ccc(CSc3ccc(Cl)cc3)cc2)cc1. The fourth-order valence-electron chi connectivity index (χ4n) is 5.22. The summed E-state index contributed by atoms with van der Waals surface area (Å²) < 4.78 is 11.3. The van der Waals surface area contributed by atoms with E-state index >= 15 is 0 Å². The second kappa shape index (κ2) is 11.6. The van der Waals surface area contributed by atoms with Crippen LogP contribution >= 0.6 is 23.4 Å². The molecule has 2 bridgehead atoms. The molecular weight excluding hydrogens is 506 g/mol. The van der Waals surface area contributed by atoms with Crippen molar-refractivity contribution >= 4 is 35.2 Å². The minimum Gasteiger partial charge on any atom is -0.490 e. The molecule has 2 aliphatic rings. The van der Waals surface area contributed by atoms with Gasteiger partial charge in [0.1, 0.15) is 11.9 Å². The number of hydrogen-bond acceptors (Lipinski definition) is 5. The van der Waals surface area contributed by atoms with Gasteiger partial charge >= 0.3 is 5.97 Å². The summed E-state index contributed by atoms with van der Waals surface area (Å²) in [5, 5.41) is 0.737. The van der Waals surface area contributed by atoms with Gasteiger partial charge < -0.3 is 14.4 Å². The van der Waals surface area contributed by atoms with Gasteiger partial charge in [0.05, 0.1) is 12.2 Å². The molecule has 5 rings (SSSR count). The van der Waals surface area contributed by atoms with Crippen LogP contribution in [0.3, 0.4) is 0 Å². The lowest BCUT2D eigenvalue weighted by atomic mass is 9.98. The topological polar surface area (TPSA) is 55.8 Å². The maximum absolute atomic E-state index is 13.4. The Morgan fingerprint density at radius 2 is 1.51 bits per heavy atom. The van der Waals surface area contributed by atoms with Gasteiger partial charge in [-0.05, 0) is 86.0 Å². The highest BCUT2D eigenvalue weighted by atomic mass is 35.5. The van der Waals surface area contributed by atoms with Crippen molar-refractivity contribution in [2.24, 2.45) is 0 Å². The normalized spacial score (nSPS) is 20.5. The fourth-order valence-corrected chi connectivity index (χ4v) is 6.20.